The van der Waals surface area contributed by atoms with Gasteiger partial charge in [-0.1, -0.05) is 23.7 Å². The minimum Gasteiger partial charge on any atom is -0.309 e. The van der Waals surface area contributed by atoms with Crippen molar-refractivity contribution in [2.24, 2.45) is 0 Å². The summed E-state index contributed by atoms with van der Waals surface area (Å²) >= 11 is 5.98. The third-order valence-corrected chi connectivity index (χ3v) is 6.31. The fourth-order valence-electron chi connectivity index (χ4n) is 2.99. The molecule has 0 unspecified atom stereocenters. The minimum atomic E-state index is -3.14. The van der Waals surface area contributed by atoms with Crippen molar-refractivity contribution in [2.75, 3.05) is 35.8 Å². The van der Waals surface area contributed by atoms with E-state index in [1.54, 1.807) is 20.7 Å². The van der Waals surface area contributed by atoms with Gasteiger partial charge in [0.1, 0.15) is 0 Å². The number of para-hydroxylation sites is 2. The molecule has 0 fully saturated rings. The summed E-state index contributed by atoms with van der Waals surface area (Å²) in [6, 6.07) is 14.8. The topological polar surface area (TPSA) is 50.2 Å². The number of hydrogen-bond donors (Lipinski definition) is 2. The van der Waals surface area contributed by atoms with Crippen LogP contribution in [0.3, 0.4) is 0 Å². The van der Waals surface area contributed by atoms with Gasteiger partial charge in [-0.3, -0.25) is 13.4 Å². The maximum absolute atomic E-state index is 11.0. The lowest BCUT2D eigenvalue weighted by molar-refractivity contribution is 0.395. The van der Waals surface area contributed by atoms with Gasteiger partial charge in [0.2, 0.25) is 0 Å². The molecule has 0 aliphatic carbocycles. The zero-order valence-corrected chi connectivity index (χ0v) is 16.0. The molecular weight excluding hydrogens is 358 g/mol. The van der Waals surface area contributed by atoms with E-state index in [-0.39, 0.29) is 0 Å². The number of anilines is 3. The monoisotopic (exact) mass is 381 g/mol. The van der Waals surface area contributed by atoms with Crippen molar-refractivity contribution < 1.29 is 9.11 Å². The third-order valence-electron chi connectivity index (χ3n) is 4.19. The average Bonchev–Trinajstić information content (AvgIpc) is 2.79. The zero-order chi connectivity index (χ0) is 18.0. The Bertz CT molecular complexity index is 725. The third kappa shape index (κ3) is 3.73. The number of nitrogens with zero attached hydrogens (tertiary/aromatic N) is 3. The molecule has 1 aliphatic heterocycles. The van der Waals surface area contributed by atoms with Crippen LogP contribution in [0, 0.1) is 0 Å². The van der Waals surface area contributed by atoms with Crippen LogP contribution in [0.4, 0.5) is 17.1 Å². The van der Waals surface area contributed by atoms with Crippen LogP contribution in [-0.4, -0.2) is 41.2 Å². The molecule has 3 rings (SSSR count). The predicted octanol–water partition coefficient (Wildman–Crippen LogP) is 5.22. The van der Waals surface area contributed by atoms with Gasteiger partial charge in [-0.05, 0) is 80.8 Å². The molecule has 136 valence electrons. The molecule has 0 aromatic heterocycles. The van der Waals surface area contributed by atoms with Crippen LogP contribution < -0.4 is 8.61 Å². The molecular formula is C18H24ClN3O2S. The molecule has 0 saturated heterocycles. The molecule has 0 spiro atoms. The first kappa shape index (κ1) is 18.4. The predicted molar refractivity (Wildman–Crippen MR) is 108 cm³/mol. The smallest absolute Gasteiger partial charge is 0.0896 e. The number of fused-ring (bicyclic) bond motifs is 1. The van der Waals surface area contributed by atoms with Crippen molar-refractivity contribution in [3.05, 3.63) is 53.6 Å². The highest BCUT2D eigenvalue weighted by molar-refractivity contribution is 8.27. The molecule has 1 aliphatic rings. The Morgan fingerprint density at radius 2 is 1.60 bits per heavy atom. The lowest BCUT2D eigenvalue weighted by Crippen LogP contribution is -2.32. The maximum atomic E-state index is 11.0. The quantitative estimate of drug-likeness (QED) is 0.672. The largest absolute Gasteiger partial charge is 0.309 e. The summed E-state index contributed by atoms with van der Waals surface area (Å²) in [4.78, 5) is 2.13. The standard InChI is InChI=1S/C18H24ClN3O2S/c1-20(2)13-5-6-14-21-17-7-3-4-8-18(17)22(25(21,23)24)16-11-9-15(19)10-12-16/h3-4,7-12,23-24H,5-6,13-14H2,1-2H3. The van der Waals surface area contributed by atoms with E-state index in [1.165, 1.54) is 0 Å². The zero-order valence-electron chi connectivity index (χ0n) is 14.5. The van der Waals surface area contributed by atoms with Gasteiger partial charge in [-0.2, -0.15) is 0 Å². The van der Waals surface area contributed by atoms with Gasteiger partial charge in [-0.15, -0.1) is 0 Å². The maximum Gasteiger partial charge on any atom is 0.0896 e. The van der Waals surface area contributed by atoms with E-state index in [9.17, 15) is 9.11 Å². The van der Waals surface area contributed by atoms with Crippen molar-refractivity contribution in [3.8, 4) is 0 Å². The SMILES string of the molecule is CN(C)CCCCN1c2ccccc2N(c2ccc(Cl)cc2)S1(O)O. The molecule has 2 N–H and O–H groups in total. The molecule has 1 heterocycles. The first-order valence-electron chi connectivity index (χ1n) is 8.27. The van der Waals surface area contributed by atoms with Crippen molar-refractivity contribution in [1.29, 1.82) is 0 Å². The number of unbranched alkanes of at least 4 members (excludes halogenated alkanes) is 1. The molecule has 7 heteroatoms. The lowest BCUT2D eigenvalue weighted by atomic mass is 10.2. The Morgan fingerprint density at radius 1 is 0.960 bits per heavy atom. The van der Waals surface area contributed by atoms with Gasteiger partial charge in [0.15, 0.2) is 0 Å². The Labute approximate surface area is 156 Å². The summed E-state index contributed by atoms with van der Waals surface area (Å²) in [5, 5.41) is 0.619. The number of hydrogen-bond acceptors (Lipinski definition) is 5. The van der Waals surface area contributed by atoms with Crippen molar-refractivity contribution in [1.82, 2.24) is 4.90 Å². The molecule has 0 bridgehead atoms. The summed E-state index contributed by atoms with van der Waals surface area (Å²) in [7, 11) is 0.942. The number of benzene rings is 2. The van der Waals surface area contributed by atoms with Crippen LogP contribution in [0.15, 0.2) is 48.5 Å². The molecule has 2 aromatic rings. The van der Waals surface area contributed by atoms with Crippen LogP contribution in [0.25, 0.3) is 0 Å². The molecule has 5 nitrogen and oxygen atoms in total. The molecule has 0 radical (unpaired) electrons. The van der Waals surface area contributed by atoms with E-state index in [0.29, 0.717) is 17.3 Å². The van der Waals surface area contributed by atoms with E-state index in [0.717, 1.165) is 30.8 Å². The van der Waals surface area contributed by atoms with Gasteiger partial charge in [0.05, 0.1) is 17.1 Å². The summed E-state index contributed by atoms with van der Waals surface area (Å²) in [5.74, 6) is 0. The number of rotatable bonds is 6. The number of halogens is 1. The Hall–Kier alpha value is -1.44. The highest BCUT2D eigenvalue weighted by Gasteiger charge is 2.41. The molecule has 0 saturated carbocycles. The highest BCUT2D eigenvalue weighted by Crippen LogP contribution is 2.64. The Morgan fingerprint density at radius 3 is 2.24 bits per heavy atom. The van der Waals surface area contributed by atoms with Gasteiger partial charge in [0.25, 0.3) is 0 Å². The van der Waals surface area contributed by atoms with E-state index in [4.69, 9.17) is 11.6 Å². The summed E-state index contributed by atoms with van der Waals surface area (Å²) in [5.41, 5.74) is 2.37. The molecule has 25 heavy (non-hydrogen) atoms. The molecule has 0 amide bonds. The van der Waals surface area contributed by atoms with Crippen LogP contribution in [0.1, 0.15) is 12.8 Å². The van der Waals surface area contributed by atoms with Crippen LogP contribution in [0.2, 0.25) is 5.02 Å². The minimum absolute atomic E-state index is 0.595. The normalized spacial score (nSPS) is 17.0. The van der Waals surface area contributed by atoms with Gasteiger partial charge in [0, 0.05) is 11.6 Å². The molecule has 2 aromatic carbocycles. The van der Waals surface area contributed by atoms with E-state index >= 15 is 0 Å². The Kier molecular flexibility index (Phi) is 5.46. The van der Waals surface area contributed by atoms with E-state index in [2.05, 4.69) is 4.90 Å². The van der Waals surface area contributed by atoms with E-state index in [1.807, 2.05) is 50.5 Å². The second-order valence-electron chi connectivity index (χ2n) is 6.36. The van der Waals surface area contributed by atoms with Gasteiger partial charge >= 0.3 is 0 Å². The van der Waals surface area contributed by atoms with Gasteiger partial charge in [-0.25, -0.2) is 4.31 Å². The highest BCUT2D eigenvalue weighted by atomic mass is 35.5. The average molecular weight is 382 g/mol. The summed E-state index contributed by atoms with van der Waals surface area (Å²) in [6.45, 7) is 1.58. The van der Waals surface area contributed by atoms with Crippen LogP contribution in [-0.2, 0) is 0 Å². The van der Waals surface area contributed by atoms with E-state index < -0.39 is 11.0 Å². The van der Waals surface area contributed by atoms with Crippen LogP contribution in [0.5, 0.6) is 0 Å². The second kappa shape index (κ2) is 7.43. The first-order chi connectivity index (χ1) is 11.9. The van der Waals surface area contributed by atoms with Crippen molar-refractivity contribution in [2.45, 2.75) is 12.8 Å². The van der Waals surface area contributed by atoms with Crippen LogP contribution >= 0.6 is 22.6 Å². The lowest BCUT2D eigenvalue weighted by Gasteiger charge is -2.43. The Balaban J connectivity index is 1.89. The fraction of sp³-hybridized carbons (Fsp3) is 0.333. The fourth-order valence-corrected chi connectivity index (χ4v) is 4.93. The second-order valence-corrected chi connectivity index (χ2v) is 8.58. The summed E-state index contributed by atoms with van der Waals surface area (Å²) < 4.78 is 25.4. The van der Waals surface area contributed by atoms with Gasteiger partial charge < -0.3 is 4.90 Å². The van der Waals surface area contributed by atoms with Crippen molar-refractivity contribution >= 4 is 39.6 Å². The molecule has 0 atom stereocenters. The van der Waals surface area contributed by atoms with Crippen molar-refractivity contribution in [3.63, 3.8) is 0 Å². The first-order valence-corrected chi connectivity index (χ1v) is 10.1. The summed E-state index contributed by atoms with van der Waals surface area (Å²) in [6.07, 6.45) is 1.89.